The summed E-state index contributed by atoms with van der Waals surface area (Å²) in [6.45, 7) is -0.535. The van der Waals surface area contributed by atoms with E-state index in [-0.39, 0.29) is 22.0 Å². The molecule has 0 aliphatic heterocycles. The van der Waals surface area contributed by atoms with Crippen molar-refractivity contribution in [2.45, 2.75) is 4.90 Å². The Kier molecular flexibility index (Phi) is 6.51. The number of rotatable bonds is 8. The minimum atomic E-state index is -4.06. The van der Waals surface area contributed by atoms with Gasteiger partial charge in [0.05, 0.1) is 22.6 Å². The van der Waals surface area contributed by atoms with E-state index in [0.717, 1.165) is 4.31 Å². The predicted molar refractivity (Wildman–Crippen MR) is 116 cm³/mol. The standard InChI is InChI=1S/C21H19N3O6S/c1-30-19-12-10-17(11-13-19)23(31(28,29)20-8-3-2-4-9-20)15-21(25)22-16-6-5-7-18(14-16)24(26)27/h2-14H,15H2,1H3,(H,22,25). The number of anilines is 2. The number of nitro groups is 1. The van der Waals surface area contributed by atoms with Crippen molar-refractivity contribution in [2.75, 3.05) is 23.3 Å². The molecule has 3 rings (SSSR count). The zero-order valence-corrected chi connectivity index (χ0v) is 17.3. The topological polar surface area (TPSA) is 119 Å². The first kappa shape index (κ1) is 21.8. The van der Waals surface area contributed by atoms with Crippen molar-refractivity contribution in [3.63, 3.8) is 0 Å². The molecule has 0 aliphatic rings. The number of benzene rings is 3. The summed E-state index contributed by atoms with van der Waals surface area (Å²) >= 11 is 0. The number of nitrogens with zero attached hydrogens (tertiary/aromatic N) is 2. The smallest absolute Gasteiger partial charge is 0.271 e. The molecule has 0 radical (unpaired) electrons. The van der Waals surface area contributed by atoms with Gasteiger partial charge in [-0.1, -0.05) is 24.3 Å². The number of sulfonamides is 1. The molecule has 0 heterocycles. The Hall–Kier alpha value is -3.92. The van der Waals surface area contributed by atoms with Crippen LogP contribution in [0.4, 0.5) is 17.1 Å². The maximum atomic E-state index is 13.2. The average molecular weight is 441 g/mol. The van der Waals surface area contributed by atoms with Gasteiger partial charge in [0.25, 0.3) is 15.7 Å². The lowest BCUT2D eigenvalue weighted by Crippen LogP contribution is -2.38. The molecule has 9 nitrogen and oxygen atoms in total. The van der Waals surface area contributed by atoms with Gasteiger partial charge in [0.15, 0.2) is 0 Å². The van der Waals surface area contributed by atoms with E-state index in [0.29, 0.717) is 5.75 Å². The zero-order valence-electron chi connectivity index (χ0n) is 16.5. The molecule has 0 atom stereocenters. The number of ether oxygens (including phenoxy) is 1. The number of hydrogen-bond acceptors (Lipinski definition) is 6. The fourth-order valence-corrected chi connectivity index (χ4v) is 4.25. The maximum absolute atomic E-state index is 13.2. The zero-order chi connectivity index (χ0) is 22.4. The number of non-ortho nitro benzene ring substituents is 1. The molecule has 0 fully saturated rings. The molecule has 0 spiro atoms. The lowest BCUT2D eigenvalue weighted by atomic mass is 10.2. The van der Waals surface area contributed by atoms with Crippen LogP contribution in [0.2, 0.25) is 0 Å². The summed E-state index contributed by atoms with van der Waals surface area (Å²) in [7, 11) is -2.57. The van der Waals surface area contributed by atoms with Crippen molar-refractivity contribution in [3.8, 4) is 5.75 Å². The first-order valence-corrected chi connectivity index (χ1v) is 10.5. The highest BCUT2D eigenvalue weighted by molar-refractivity contribution is 7.92. The third kappa shape index (κ3) is 5.17. The monoisotopic (exact) mass is 441 g/mol. The number of nitrogens with one attached hydrogen (secondary N) is 1. The first-order valence-electron chi connectivity index (χ1n) is 9.07. The van der Waals surface area contributed by atoms with E-state index < -0.39 is 27.4 Å². The Morgan fingerprint density at radius 1 is 1.03 bits per heavy atom. The third-order valence-electron chi connectivity index (χ3n) is 4.32. The molecule has 1 amide bonds. The average Bonchev–Trinajstić information content (AvgIpc) is 2.78. The van der Waals surface area contributed by atoms with Crippen molar-refractivity contribution in [1.29, 1.82) is 0 Å². The van der Waals surface area contributed by atoms with Crippen LogP contribution in [0.15, 0.2) is 83.8 Å². The quantitative estimate of drug-likeness (QED) is 0.422. The molecule has 0 bridgehead atoms. The van der Waals surface area contributed by atoms with Gasteiger partial charge >= 0.3 is 0 Å². The van der Waals surface area contributed by atoms with Crippen LogP contribution in [-0.2, 0) is 14.8 Å². The summed E-state index contributed by atoms with van der Waals surface area (Å²) in [6.07, 6.45) is 0. The fraction of sp³-hybridized carbons (Fsp3) is 0.0952. The number of amides is 1. The Morgan fingerprint density at radius 3 is 2.32 bits per heavy atom. The number of carbonyl (C=O) groups excluding carboxylic acids is 1. The first-order chi connectivity index (χ1) is 14.8. The molecule has 160 valence electrons. The minimum Gasteiger partial charge on any atom is -0.497 e. The van der Waals surface area contributed by atoms with Crippen LogP contribution >= 0.6 is 0 Å². The fourth-order valence-electron chi connectivity index (χ4n) is 2.81. The molecular formula is C21H19N3O6S. The van der Waals surface area contributed by atoms with Crippen LogP contribution in [0, 0.1) is 10.1 Å². The van der Waals surface area contributed by atoms with Gasteiger partial charge in [-0.15, -0.1) is 0 Å². The molecule has 0 saturated carbocycles. The summed E-state index contributed by atoms with van der Waals surface area (Å²) < 4.78 is 32.6. The predicted octanol–water partition coefficient (Wildman–Crippen LogP) is 3.44. The summed E-state index contributed by atoms with van der Waals surface area (Å²) in [6, 6.07) is 19.3. The molecular weight excluding hydrogens is 422 g/mol. The van der Waals surface area contributed by atoms with Crippen molar-refractivity contribution in [3.05, 3.63) is 89.0 Å². The Morgan fingerprint density at radius 2 is 1.71 bits per heavy atom. The third-order valence-corrected chi connectivity index (χ3v) is 6.11. The van der Waals surface area contributed by atoms with Crippen molar-refractivity contribution in [2.24, 2.45) is 0 Å². The second kappa shape index (κ2) is 9.26. The molecule has 10 heteroatoms. The molecule has 0 aliphatic carbocycles. The minimum absolute atomic E-state index is 0.0222. The Bertz CT molecular complexity index is 1180. The molecule has 1 N–H and O–H groups in total. The van der Waals surface area contributed by atoms with Gasteiger partial charge in [-0.05, 0) is 42.5 Å². The van der Waals surface area contributed by atoms with Gasteiger partial charge in [-0.3, -0.25) is 19.2 Å². The second-order valence-electron chi connectivity index (χ2n) is 6.38. The molecule has 0 saturated heterocycles. The van der Waals surface area contributed by atoms with E-state index in [1.165, 1.54) is 55.6 Å². The van der Waals surface area contributed by atoms with Crippen LogP contribution in [0.25, 0.3) is 0 Å². The Balaban J connectivity index is 1.92. The van der Waals surface area contributed by atoms with E-state index in [2.05, 4.69) is 5.32 Å². The summed E-state index contributed by atoms with van der Waals surface area (Å²) in [5, 5.41) is 13.4. The summed E-state index contributed by atoms with van der Waals surface area (Å²) in [4.78, 5) is 23.0. The van der Waals surface area contributed by atoms with Crippen LogP contribution in [0.1, 0.15) is 0 Å². The van der Waals surface area contributed by atoms with E-state index in [9.17, 15) is 23.3 Å². The molecule has 31 heavy (non-hydrogen) atoms. The van der Waals surface area contributed by atoms with Gasteiger partial charge in [-0.2, -0.15) is 0 Å². The van der Waals surface area contributed by atoms with E-state index in [1.54, 1.807) is 30.3 Å². The second-order valence-corrected chi connectivity index (χ2v) is 8.24. The summed E-state index contributed by atoms with van der Waals surface area (Å²) in [5.74, 6) is -0.127. The lowest BCUT2D eigenvalue weighted by molar-refractivity contribution is -0.384. The Labute approximate surface area is 179 Å². The van der Waals surface area contributed by atoms with Gasteiger partial charge in [-0.25, -0.2) is 8.42 Å². The number of methoxy groups -OCH3 is 1. The van der Waals surface area contributed by atoms with Crippen molar-refractivity contribution >= 4 is 33.0 Å². The summed E-state index contributed by atoms with van der Waals surface area (Å²) in [5.41, 5.74) is 0.256. The van der Waals surface area contributed by atoms with Crippen LogP contribution < -0.4 is 14.4 Å². The number of nitro benzene ring substituents is 1. The van der Waals surface area contributed by atoms with Gasteiger partial charge in [0.2, 0.25) is 5.91 Å². The van der Waals surface area contributed by atoms with E-state index in [1.807, 2.05) is 0 Å². The van der Waals surface area contributed by atoms with E-state index >= 15 is 0 Å². The largest absolute Gasteiger partial charge is 0.497 e. The normalized spacial score (nSPS) is 10.9. The van der Waals surface area contributed by atoms with Gasteiger partial charge in [0, 0.05) is 17.8 Å². The van der Waals surface area contributed by atoms with Crippen LogP contribution in [0.5, 0.6) is 5.75 Å². The van der Waals surface area contributed by atoms with Crippen molar-refractivity contribution in [1.82, 2.24) is 0 Å². The van der Waals surface area contributed by atoms with Crippen LogP contribution in [0.3, 0.4) is 0 Å². The van der Waals surface area contributed by atoms with Gasteiger partial charge in [0.1, 0.15) is 12.3 Å². The maximum Gasteiger partial charge on any atom is 0.271 e. The van der Waals surface area contributed by atoms with Crippen molar-refractivity contribution < 1.29 is 22.9 Å². The lowest BCUT2D eigenvalue weighted by Gasteiger charge is -2.24. The van der Waals surface area contributed by atoms with E-state index in [4.69, 9.17) is 4.74 Å². The van der Waals surface area contributed by atoms with Crippen LogP contribution in [-0.4, -0.2) is 32.9 Å². The van der Waals surface area contributed by atoms with Gasteiger partial charge < -0.3 is 10.1 Å². The highest BCUT2D eigenvalue weighted by Crippen LogP contribution is 2.26. The SMILES string of the molecule is COc1ccc(N(CC(=O)Nc2cccc([N+](=O)[O-])c2)S(=O)(=O)c2ccccc2)cc1. The molecule has 3 aromatic rings. The molecule has 0 aromatic heterocycles. The number of carbonyl (C=O) groups is 1. The number of hydrogen-bond donors (Lipinski definition) is 1. The highest BCUT2D eigenvalue weighted by Gasteiger charge is 2.27. The molecule has 0 unspecified atom stereocenters. The molecule has 3 aromatic carbocycles. The highest BCUT2D eigenvalue weighted by atomic mass is 32.2.